The van der Waals surface area contributed by atoms with Crippen molar-refractivity contribution in [2.45, 2.75) is 26.1 Å². The SMILES string of the molecule is CCCN(Cc1sccc1C#CCO)CC(F)(F)F. The molecule has 0 atom stereocenters. The highest BCUT2D eigenvalue weighted by atomic mass is 32.1. The summed E-state index contributed by atoms with van der Waals surface area (Å²) < 4.78 is 37.4. The van der Waals surface area contributed by atoms with Crippen molar-refractivity contribution in [3.8, 4) is 11.8 Å². The summed E-state index contributed by atoms with van der Waals surface area (Å²) in [6.07, 6.45) is -3.53. The predicted molar refractivity (Wildman–Crippen MR) is 69.9 cm³/mol. The van der Waals surface area contributed by atoms with Crippen LogP contribution in [-0.4, -0.2) is 35.9 Å². The summed E-state index contributed by atoms with van der Waals surface area (Å²) in [6, 6.07) is 1.76. The van der Waals surface area contributed by atoms with Gasteiger partial charge in [-0.05, 0) is 24.4 Å². The number of hydrogen-bond acceptors (Lipinski definition) is 3. The highest BCUT2D eigenvalue weighted by molar-refractivity contribution is 7.10. The van der Waals surface area contributed by atoms with Gasteiger partial charge in [-0.1, -0.05) is 18.8 Å². The smallest absolute Gasteiger partial charge is 0.384 e. The zero-order chi connectivity index (χ0) is 14.3. The summed E-state index contributed by atoms with van der Waals surface area (Å²) in [5.41, 5.74) is 0.697. The van der Waals surface area contributed by atoms with Crippen LogP contribution < -0.4 is 0 Å². The van der Waals surface area contributed by atoms with Crippen LogP contribution in [0.25, 0.3) is 0 Å². The Hall–Kier alpha value is -1.03. The molecule has 0 aromatic carbocycles. The second-order valence-corrected chi connectivity index (χ2v) is 5.04. The number of thiophene rings is 1. The van der Waals surface area contributed by atoms with Crippen LogP contribution in [0.4, 0.5) is 13.2 Å². The standard InChI is InChI=1S/C13H16F3NOS/c1-2-6-17(10-13(14,15)16)9-12-11(4-3-7-18)5-8-19-12/h5,8,18H,2,6-7,9-10H2,1H3. The van der Waals surface area contributed by atoms with Crippen LogP contribution in [0.3, 0.4) is 0 Å². The molecule has 1 aromatic rings. The molecular weight excluding hydrogens is 275 g/mol. The zero-order valence-corrected chi connectivity index (χ0v) is 11.4. The molecule has 106 valence electrons. The third kappa shape index (κ3) is 6.10. The molecule has 0 aliphatic carbocycles. The molecule has 0 radical (unpaired) electrons. The molecule has 0 aliphatic rings. The van der Waals surface area contributed by atoms with E-state index < -0.39 is 12.7 Å². The summed E-state index contributed by atoms with van der Waals surface area (Å²) in [5, 5.41) is 10.4. The normalized spacial score (nSPS) is 11.5. The van der Waals surface area contributed by atoms with Crippen molar-refractivity contribution < 1.29 is 18.3 Å². The lowest BCUT2D eigenvalue weighted by Gasteiger charge is -2.22. The lowest BCUT2D eigenvalue weighted by Crippen LogP contribution is -2.34. The molecule has 1 aromatic heterocycles. The van der Waals surface area contributed by atoms with Gasteiger partial charge in [0.2, 0.25) is 0 Å². The van der Waals surface area contributed by atoms with Crippen molar-refractivity contribution in [3.63, 3.8) is 0 Å². The second kappa shape index (κ2) is 7.53. The molecule has 19 heavy (non-hydrogen) atoms. The molecule has 0 saturated carbocycles. The van der Waals surface area contributed by atoms with E-state index >= 15 is 0 Å². The molecule has 1 heterocycles. The number of alkyl halides is 3. The van der Waals surface area contributed by atoms with Crippen LogP contribution >= 0.6 is 11.3 Å². The molecule has 2 nitrogen and oxygen atoms in total. The Balaban J connectivity index is 2.76. The van der Waals surface area contributed by atoms with E-state index in [2.05, 4.69) is 11.8 Å². The van der Waals surface area contributed by atoms with Crippen LogP contribution in [0, 0.1) is 11.8 Å². The number of aliphatic hydroxyl groups excluding tert-OH is 1. The quantitative estimate of drug-likeness (QED) is 0.843. The average Bonchev–Trinajstić information content (AvgIpc) is 2.72. The molecule has 1 rings (SSSR count). The number of nitrogens with zero attached hydrogens (tertiary/aromatic N) is 1. The summed E-state index contributed by atoms with van der Waals surface area (Å²) in [4.78, 5) is 2.18. The molecule has 6 heteroatoms. The zero-order valence-electron chi connectivity index (χ0n) is 10.6. The van der Waals surface area contributed by atoms with Gasteiger partial charge in [-0.3, -0.25) is 4.90 Å². The van der Waals surface area contributed by atoms with E-state index in [1.165, 1.54) is 16.2 Å². The molecule has 0 amide bonds. The molecular formula is C13H16F3NOS. The molecule has 0 aliphatic heterocycles. The fourth-order valence-electron chi connectivity index (χ4n) is 1.70. The van der Waals surface area contributed by atoms with E-state index in [9.17, 15) is 13.2 Å². The molecule has 0 bridgehead atoms. The number of hydrogen-bond donors (Lipinski definition) is 1. The topological polar surface area (TPSA) is 23.5 Å². The fraction of sp³-hybridized carbons (Fsp3) is 0.538. The first-order valence-electron chi connectivity index (χ1n) is 5.91. The maximum Gasteiger partial charge on any atom is 0.401 e. The Morgan fingerprint density at radius 1 is 1.42 bits per heavy atom. The van der Waals surface area contributed by atoms with E-state index in [0.717, 1.165) is 4.88 Å². The first kappa shape index (κ1) is 16.0. The van der Waals surface area contributed by atoms with E-state index in [1.807, 2.05) is 6.92 Å². The van der Waals surface area contributed by atoms with Gasteiger partial charge in [0.05, 0.1) is 6.54 Å². The summed E-state index contributed by atoms with van der Waals surface area (Å²) in [5.74, 6) is 5.27. The van der Waals surface area contributed by atoms with Crippen LogP contribution in [0.15, 0.2) is 11.4 Å². The van der Waals surface area contributed by atoms with Crippen LogP contribution in [0.1, 0.15) is 23.8 Å². The molecule has 0 saturated heterocycles. The Morgan fingerprint density at radius 3 is 2.74 bits per heavy atom. The Bertz CT molecular complexity index is 445. The third-order valence-corrected chi connectivity index (χ3v) is 3.26. The van der Waals surface area contributed by atoms with Gasteiger partial charge >= 0.3 is 6.18 Å². The minimum atomic E-state index is -4.19. The van der Waals surface area contributed by atoms with Gasteiger partial charge in [0.15, 0.2) is 0 Å². The largest absolute Gasteiger partial charge is 0.401 e. The minimum Gasteiger partial charge on any atom is -0.384 e. The van der Waals surface area contributed by atoms with Crippen molar-refractivity contribution in [2.75, 3.05) is 19.7 Å². The lowest BCUT2D eigenvalue weighted by atomic mass is 10.2. The molecule has 0 spiro atoms. The van der Waals surface area contributed by atoms with Gasteiger partial charge < -0.3 is 5.11 Å². The number of rotatable bonds is 5. The lowest BCUT2D eigenvalue weighted by molar-refractivity contribution is -0.147. The van der Waals surface area contributed by atoms with Crippen LogP contribution in [-0.2, 0) is 6.54 Å². The summed E-state index contributed by atoms with van der Waals surface area (Å²) >= 11 is 1.39. The Morgan fingerprint density at radius 2 is 2.16 bits per heavy atom. The van der Waals surface area contributed by atoms with Gasteiger partial charge in [0.1, 0.15) is 6.61 Å². The molecule has 1 N–H and O–H groups in total. The molecule has 0 fully saturated rings. The van der Waals surface area contributed by atoms with Crippen LogP contribution in [0.5, 0.6) is 0 Å². The Kier molecular flexibility index (Phi) is 6.35. The highest BCUT2D eigenvalue weighted by Gasteiger charge is 2.30. The van der Waals surface area contributed by atoms with Crippen molar-refractivity contribution >= 4 is 11.3 Å². The number of halogens is 3. The summed E-state index contributed by atoms with van der Waals surface area (Å²) in [7, 11) is 0. The summed E-state index contributed by atoms with van der Waals surface area (Å²) in [6.45, 7) is 1.32. The minimum absolute atomic E-state index is 0.237. The van der Waals surface area contributed by atoms with Crippen molar-refractivity contribution in [1.29, 1.82) is 0 Å². The van der Waals surface area contributed by atoms with E-state index in [0.29, 0.717) is 18.5 Å². The highest BCUT2D eigenvalue weighted by Crippen LogP contribution is 2.22. The van der Waals surface area contributed by atoms with Gasteiger partial charge in [0.25, 0.3) is 0 Å². The van der Waals surface area contributed by atoms with Crippen molar-refractivity contribution in [1.82, 2.24) is 4.90 Å². The van der Waals surface area contributed by atoms with Crippen molar-refractivity contribution in [2.24, 2.45) is 0 Å². The Labute approximate surface area is 114 Å². The monoisotopic (exact) mass is 291 g/mol. The number of aliphatic hydroxyl groups is 1. The fourth-order valence-corrected chi connectivity index (χ4v) is 2.57. The first-order chi connectivity index (χ1) is 8.96. The van der Waals surface area contributed by atoms with E-state index in [4.69, 9.17) is 5.11 Å². The van der Waals surface area contributed by atoms with E-state index in [1.54, 1.807) is 11.4 Å². The average molecular weight is 291 g/mol. The van der Waals surface area contributed by atoms with Crippen LogP contribution in [0.2, 0.25) is 0 Å². The van der Waals surface area contributed by atoms with Gasteiger partial charge in [-0.2, -0.15) is 13.2 Å². The predicted octanol–water partition coefficient (Wildman–Crippen LogP) is 2.87. The maximum atomic E-state index is 12.5. The maximum absolute atomic E-state index is 12.5. The van der Waals surface area contributed by atoms with Crippen molar-refractivity contribution in [3.05, 3.63) is 21.9 Å². The van der Waals surface area contributed by atoms with E-state index in [-0.39, 0.29) is 13.2 Å². The third-order valence-electron chi connectivity index (χ3n) is 2.36. The van der Waals surface area contributed by atoms with Gasteiger partial charge in [0, 0.05) is 17.0 Å². The molecule has 0 unspecified atom stereocenters. The first-order valence-corrected chi connectivity index (χ1v) is 6.79. The van der Waals surface area contributed by atoms with Gasteiger partial charge in [-0.25, -0.2) is 0 Å². The second-order valence-electron chi connectivity index (χ2n) is 4.04. The van der Waals surface area contributed by atoms with Gasteiger partial charge in [-0.15, -0.1) is 11.3 Å².